The standard InChI is InChI=1S/C14H15ClFNOS/c1-8-3-6-13(19-8)14(9(2)17)18-10-4-5-12(16)11(15)7-10/h3-7,9,14H,17H2,1-2H3. The molecular weight excluding hydrogens is 285 g/mol. The van der Waals surface area contributed by atoms with Gasteiger partial charge in [-0.2, -0.15) is 0 Å². The smallest absolute Gasteiger partial charge is 0.148 e. The Kier molecular flexibility index (Phi) is 4.45. The van der Waals surface area contributed by atoms with Crippen LogP contribution in [0.25, 0.3) is 0 Å². The Labute approximate surface area is 121 Å². The molecule has 1 aromatic carbocycles. The molecule has 0 spiro atoms. The van der Waals surface area contributed by atoms with Crippen molar-refractivity contribution in [2.45, 2.75) is 26.0 Å². The molecule has 0 fully saturated rings. The highest BCUT2D eigenvalue weighted by atomic mass is 35.5. The summed E-state index contributed by atoms with van der Waals surface area (Å²) in [6.07, 6.45) is -0.264. The van der Waals surface area contributed by atoms with Gasteiger partial charge in [-0.1, -0.05) is 11.6 Å². The van der Waals surface area contributed by atoms with E-state index in [4.69, 9.17) is 22.1 Å². The second-order valence-corrected chi connectivity index (χ2v) is 6.15. The molecular formula is C14H15ClFNOS. The summed E-state index contributed by atoms with van der Waals surface area (Å²) >= 11 is 7.38. The zero-order valence-electron chi connectivity index (χ0n) is 10.7. The quantitative estimate of drug-likeness (QED) is 0.912. The van der Waals surface area contributed by atoms with Crippen molar-refractivity contribution in [2.75, 3.05) is 0 Å². The summed E-state index contributed by atoms with van der Waals surface area (Å²) in [6, 6.07) is 8.15. The van der Waals surface area contributed by atoms with Crippen molar-refractivity contribution in [3.63, 3.8) is 0 Å². The topological polar surface area (TPSA) is 35.2 Å². The molecule has 0 aliphatic carbocycles. The van der Waals surface area contributed by atoms with Crippen molar-refractivity contribution in [3.8, 4) is 5.75 Å². The van der Waals surface area contributed by atoms with Crippen LogP contribution in [0.3, 0.4) is 0 Å². The van der Waals surface area contributed by atoms with Crippen LogP contribution in [0.1, 0.15) is 22.8 Å². The van der Waals surface area contributed by atoms with E-state index in [9.17, 15) is 4.39 Å². The summed E-state index contributed by atoms with van der Waals surface area (Å²) in [7, 11) is 0. The number of hydrogen-bond donors (Lipinski definition) is 1. The second-order valence-electron chi connectivity index (χ2n) is 4.42. The van der Waals surface area contributed by atoms with Gasteiger partial charge in [0.25, 0.3) is 0 Å². The van der Waals surface area contributed by atoms with Crippen molar-refractivity contribution < 1.29 is 9.13 Å². The second kappa shape index (κ2) is 5.90. The maximum atomic E-state index is 13.1. The van der Waals surface area contributed by atoms with E-state index < -0.39 is 5.82 Å². The minimum atomic E-state index is -0.460. The summed E-state index contributed by atoms with van der Waals surface area (Å²) in [5, 5.41) is 0.0447. The van der Waals surface area contributed by atoms with Crippen molar-refractivity contribution in [1.82, 2.24) is 0 Å². The van der Waals surface area contributed by atoms with Crippen LogP contribution in [-0.2, 0) is 0 Å². The minimum absolute atomic E-state index is 0.0447. The minimum Gasteiger partial charge on any atom is -0.483 e. The number of aryl methyl sites for hydroxylation is 1. The van der Waals surface area contributed by atoms with Gasteiger partial charge < -0.3 is 10.5 Å². The molecule has 2 rings (SSSR count). The summed E-state index contributed by atoms with van der Waals surface area (Å²) in [4.78, 5) is 2.24. The third kappa shape index (κ3) is 3.47. The van der Waals surface area contributed by atoms with Crippen LogP contribution < -0.4 is 10.5 Å². The fraction of sp³-hybridized carbons (Fsp3) is 0.286. The molecule has 0 amide bonds. The van der Waals surface area contributed by atoms with Crippen LogP contribution in [0.15, 0.2) is 30.3 Å². The number of rotatable bonds is 4. The van der Waals surface area contributed by atoms with Gasteiger partial charge in [0.15, 0.2) is 0 Å². The van der Waals surface area contributed by atoms with E-state index in [1.54, 1.807) is 17.4 Å². The first kappa shape index (κ1) is 14.3. The van der Waals surface area contributed by atoms with Gasteiger partial charge in [-0.3, -0.25) is 0 Å². The lowest BCUT2D eigenvalue weighted by molar-refractivity contribution is 0.184. The summed E-state index contributed by atoms with van der Waals surface area (Å²) in [5.74, 6) is 0.0538. The van der Waals surface area contributed by atoms with Gasteiger partial charge in [0.1, 0.15) is 17.7 Å². The predicted molar refractivity (Wildman–Crippen MR) is 77.5 cm³/mol. The number of benzene rings is 1. The molecule has 0 aliphatic rings. The molecule has 102 valence electrons. The van der Waals surface area contributed by atoms with Gasteiger partial charge in [-0.15, -0.1) is 11.3 Å². The van der Waals surface area contributed by atoms with Crippen molar-refractivity contribution in [1.29, 1.82) is 0 Å². The largest absolute Gasteiger partial charge is 0.483 e. The summed E-state index contributed by atoms with van der Waals surface area (Å²) in [5.41, 5.74) is 5.97. The van der Waals surface area contributed by atoms with E-state index >= 15 is 0 Å². The molecule has 0 saturated heterocycles. The molecule has 0 radical (unpaired) electrons. The van der Waals surface area contributed by atoms with E-state index in [-0.39, 0.29) is 17.2 Å². The van der Waals surface area contributed by atoms with Crippen molar-refractivity contribution in [3.05, 3.63) is 50.9 Å². The molecule has 0 aliphatic heterocycles. The lowest BCUT2D eigenvalue weighted by atomic mass is 10.1. The fourth-order valence-electron chi connectivity index (χ4n) is 1.73. The molecule has 0 saturated carbocycles. The number of nitrogens with two attached hydrogens (primary N) is 1. The zero-order chi connectivity index (χ0) is 14.0. The Bertz CT molecular complexity index is 570. The molecule has 19 heavy (non-hydrogen) atoms. The number of halogens is 2. The molecule has 0 bridgehead atoms. The Morgan fingerprint density at radius 1 is 1.32 bits per heavy atom. The fourth-order valence-corrected chi connectivity index (χ4v) is 2.92. The summed E-state index contributed by atoms with van der Waals surface area (Å²) < 4.78 is 19.0. The first-order valence-electron chi connectivity index (χ1n) is 5.91. The van der Waals surface area contributed by atoms with Crippen molar-refractivity contribution in [2.24, 2.45) is 5.73 Å². The molecule has 2 unspecified atom stereocenters. The van der Waals surface area contributed by atoms with Crippen LogP contribution in [0, 0.1) is 12.7 Å². The van der Waals surface area contributed by atoms with Gasteiger partial charge in [0.05, 0.1) is 5.02 Å². The average molecular weight is 300 g/mol. The van der Waals surface area contributed by atoms with E-state index in [2.05, 4.69) is 0 Å². The van der Waals surface area contributed by atoms with Crippen LogP contribution in [0.5, 0.6) is 5.75 Å². The highest BCUT2D eigenvalue weighted by Gasteiger charge is 2.20. The first-order valence-corrected chi connectivity index (χ1v) is 7.10. The van der Waals surface area contributed by atoms with E-state index in [1.807, 2.05) is 26.0 Å². The Hall–Kier alpha value is -1.10. The lowest BCUT2D eigenvalue weighted by Crippen LogP contribution is -2.28. The lowest BCUT2D eigenvalue weighted by Gasteiger charge is -2.21. The Morgan fingerprint density at radius 2 is 2.05 bits per heavy atom. The molecule has 2 aromatic rings. The SMILES string of the molecule is Cc1ccc(C(Oc2ccc(F)c(Cl)c2)C(C)N)s1. The molecule has 2 atom stereocenters. The molecule has 1 heterocycles. The van der Waals surface area contributed by atoms with Crippen LogP contribution >= 0.6 is 22.9 Å². The third-order valence-electron chi connectivity index (χ3n) is 2.67. The highest BCUT2D eigenvalue weighted by molar-refractivity contribution is 7.12. The Balaban J connectivity index is 2.23. The summed E-state index contributed by atoms with van der Waals surface area (Å²) in [6.45, 7) is 3.91. The third-order valence-corrected chi connectivity index (χ3v) is 4.03. The first-order chi connectivity index (χ1) is 8.97. The number of ether oxygens (including phenoxy) is 1. The van der Waals surface area contributed by atoms with Gasteiger partial charge in [-0.05, 0) is 38.1 Å². The normalized spacial score (nSPS) is 14.2. The maximum Gasteiger partial charge on any atom is 0.148 e. The molecule has 5 heteroatoms. The zero-order valence-corrected chi connectivity index (χ0v) is 12.3. The highest BCUT2D eigenvalue weighted by Crippen LogP contribution is 2.31. The average Bonchev–Trinajstić information content (AvgIpc) is 2.76. The van der Waals surface area contributed by atoms with Crippen LogP contribution in [0.2, 0.25) is 5.02 Å². The molecule has 2 N–H and O–H groups in total. The number of thiophene rings is 1. The van der Waals surface area contributed by atoms with Crippen molar-refractivity contribution >= 4 is 22.9 Å². The van der Waals surface area contributed by atoms with Gasteiger partial charge in [-0.25, -0.2) is 4.39 Å². The van der Waals surface area contributed by atoms with Gasteiger partial charge >= 0.3 is 0 Å². The van der Waals surface area contributed by atoms with E-state index in [0.717, 1.165) is 4.88 Å². The predicted octanol–water partition coefficient (Wildman–Crippen LogP) is 4.32. The van der Waals surface area contributed by atoms with Gasteiger partial charge in [0, 0.05) is 21.9 Å². The molecule has 1 aromatic heterocycles. The van der Waals surface area contributed by atoms with E-state index in [0.29, 0.717) is 5.75 Å². The number of hydrogen-bond acceptors (Lipinski definition) is 3. The van der Waals surface area contributed by atoms with Crippen LogP contribution in [0.4, 0.5) is 4.39 Å². The van der Waals surface area contributed by atoms with E-state index in [1.165, 1.54) is 17.0 Å². The van der Waals surface area contributed by atoms with Crippen LogP contribution in [-0.4, -0.2) is 6.04 Å². The van der Waals surface area contributed by atoms with Gasteiger partial charge in [0.2, 0.25) is 0 Å². The monoisotopic (exact) mass is 299 g/mol. The maximum absolute atomic E-state index is 13.1. The Morgan fingerprint density at radius 3 is 2.58 bits per heavy atom. The molecule has 2 nitrogen and oxygen atoms in total.